The maximum Gasteiger partial charge on any atom is 0.407 e. The second kappa shape index (κ2) is 29.0. The Balaban J connectivity index is 1.26. The van der Waals surface area contributed by atoms with Crippen molar-refractivity contribution in [2.45, 2.75) is 162 Å². The number of amides is 6. The Morgan fingerprint density at radius 3 is 2.07 bits per heavy atom. The van der Waals surface area contributed by atoms with Crippen LogP contribution in [0.25, 0.3) is 0 Å². The van der Waals surface area contributed by atoms with Gasteiger partial charge in [0, 0.05) is 30.2 Å². The lowest BCUT2D eigenvalue weighted by Crippen LogP contribution is -2.65. The van der Waals surface area contributed by atoms with Gasteiger partial charge in [0.15, 0.2) is 0 Å². The molecule has 5 rings (SSSR count). The molecular formula is C57H87N7O11S. The van der Waals surface area contributed by atoms with Crippen molar-refractivity contribution in [2.24, 2.45) is 23.2 Å². The third-order valence-corrected chi connectivity index (χ3v) is 15.8. The van der Waals surface area contributed by atoms with Crippen molar-refractivity contribution in [3.05, 3.63) is 83.9 Å². The second-order valence-corrected chi connectivity index (χ2v) is 24.7. The molecule has 18 nitrogen and oxygen atoms in total. The number of carbonyl (C=O) groups is 6. The molecule has 3 heterocycles. The number of likely N-dealkylation sites (tertiary alicyclic amines) is 1. The van der Waals surface area contributed by atoms with E-state index in [0.717, 1.165) is 11.1 Å². The lowest BCUT2D eigenvalue weighted by atomic mass is 9.79. The van der Waals surface area contributed by atoms with Crippen LogP contribution in [0, 0.1) is 23.2 Å². The summed E-state index contributed by atoms with van der Waals surface area (Å²) in [6, 6.07) is 15.2. The molecule has 0 aromatic heterocycles. The molecule has 1 unspecified atom stereocenters. The number of carbonyl (C=O) groups excluding carboxylic acids is 6. The van der Waals surface area contributed by atoms with Gasteiger partial charge in [-0.25, -0.2) is 9.59 Å². The first kappa shape index (κ1) is 61.6. The zero-order chi connectivity index (χ0) is 55.6. The Labute approximate surface area is 454 Å². The van der Waals surface area contributed by atoms with Crippen LogP contribution in [-0.4, -0.2) is 143 Å². The van der Waals surface area contributed by atoms with Gasteiger partial charge in [0.25, 0.3) is 0 Å². The van der Waals surface area contributed by atoms with Gasteiger partial charge in [0.2, 0.25) is 23.6 Å². The van der Waals surface area contributed by atoms with Crippen molar-refractivity contribution in [3.8, 4) is 0 Å². The van der Waals surface area contributed by atoms with E-state index in [2.05, 4.69) is 54.3 Å². The van der Waals surface area contributed by atoms with Crippen LogP contribution in [0.4, 0.5) is 9.59 Å². The van der Waals surface area contributed by atoms with E-state index in [1.807, 2.05) is 92.6 Å². The second-order valence-electron chi connectivity index (χ2n) is 23.1. The van der Waals surface area contributed by atoms with Gasteiger partial charge in [-0.2, -0.15) is 5.06 Å². The highest BCUT2D eigenvalue weighted by molar-refractivity contribution is 7.91. The maximum atomic E-state index is 14.8. The number of hydrogen-bond donors (Lipinski definition) is 5. The first-order valence-electron chi connectivity index (χ1n) is 27.1. The molecule has 76 heavy (non-hydrogen) atoms. The van der Waals surface area contributed by atoms with Gasteiger partial charge in [-0.05, 0) is 113 Å². The summed E-state index contributed by atoms with van der Waals surface area (Å²) in [4.78, 5) is 90.9. The van der Waals surface area contributed by atoms with Gasteiger partial charge in [0.1, 0.15) is 42.8 Å². The number of nitrogens with one attached hydrogen (secondary N) is 5. The molecule has 0 bridgehead atoms. The molecule has 0 saturated carbocycles. The predicted octanol–water partition coefficient (Wildman–Crippen LogP) is 6.35. The molecule has 3 aliphatic heterocycles. The number of benzene rings is 2. The number of nitrogens with zero attached hydrogens (tertiary/aromatic N) is 2. The number of alkyl carbamates (subject to hydrolysis) is 2. The molecule has 2 aromatic rings. The lowest BCUT2D eigenvalue weighted by Gasteiger charge is -2.53. The minimum absolute atomic E-state index is 0.00402. The van der Waals surface area contributed by atoms with Crippen molar-refractivity contribution in [1.29, 1.82) is 0 Å². The van der Waals surface area contributed by atoms with Gasteiger partial charge < -0.3 is 55.1 Å². The summed E-state index contributed by atoms with van der Waals surface area (Å²) in [6.07, 6.45) is 5.88. The van der Waals surface area contributed by atoms with E-state index in [-0.39, 0.29) is 61.1 Å². The molecule has 3 saturated heterocycles. The summed E-state index contributed by atoms with van der Waals surface area (Å²) in [5, 5.41) is 16.7. The molecular weight excluding hydrogens is 991 g/mol. The summed E-state index contributed by atoms with van der Waals surface area (Å²) in [5.41, 5.74) is 0.795. The van der Waals surface area contributed by atoms with E-state index in [1.165, 1.54) is 0 Å². The predicted molar refractivity (Wildman–Crippen MR) is 293 cm³/mol. The molecule has 2 aromatic carbocycles. The summed E-state index contributed by atoms with van der Waals surface area (Å²) >= 11 is -1.17. The lowest BCUT2D eigenvalue weighted by molar-refractivity contribution is -0.267. The molecule has 3 fully saturated rings. The van der Waals surface area contributed by atoms with E-state index in [0.29, 0.717) is 70.5 Å². The molecule has 19 heteroatoms. The number of hydrogen-bond acceptors (Lipinski definition) is 12. The van der Waals surface area contributed by atoms with E-state index >= 15 is 0 Å². The Morgan fingerprint density at radius 1 is 0.829 bits per heavy atom. The van der Waals surface area contributed by atoms with Crippen LogP contribution in [0.15, 0.2) is 72.8 Å². The fourth-order valence-corrected chi connectivity index (χ4v) is 12.1. The fraction of sp³-hybridized carbons (Fsp3) is 0.649. The van der Waals surface area contributed by atoms with Crippen LogP contribution in [0.2, 0.25) is 0 Å². The minimum Gasteiger partial charge on any atom is -0.616 e. The molecule has 0 radical (unpaired) electrons. The Hall–Kier alpha value is -5.21. The number of ether oxygens (including phenoxy) is 3. The van der Waals surface area contributed by atoms with Crippen molar-refractivity contribution in [3.63, 3.8) is 0 Å². The molecule has 6 amide bonds. The number of rotatable bonds is 27. The zero-order valence-corrected chi connectivity index (χ0v) is 47.5. The van der Waals surface area contributed by atoms with E-state index < -0.39 is 82.3 Å². The summed E-state index contributed by atoms with van der Waals surface area (Å²) in [7, 11) is 1.64. The van der Waals surface area contributed by atoms with Crippen molar-refractivity contribution in [1.82, 2.24) is 36.5 Å². The van der Waals surface area contributed by atoms with Crippen LogP contribution in [0.5, 0.6) is 0 Å². The Bertz CT molecular complexity index is 2210. The first-order valence-corrected chi connectivity index (χ1v) is 28.6. The van der Waals surface area contributed by atoms with Gasteiger partial charge in [-0.15, -0.1) is 0 Å². The molecule has 6 atom stereocenters. The highest BCUT2D eigenvalue weighted by atomic mass is 32.2. The topological polar surface area (TPSA) is 229 Å². The van der Waals surface area contributed by atoms with Gasteiger partial charge in [-0.1, -0.05) is 107 Å². The number of hydroxylamine groups is 2. The van der Waals surface area contributed by atoms with Crippen molar-refractivity contribution >= 4 is 47.0 Å². The van der Waals surface area contributed by atoms with Crippen molar-refractivity contribution < 1.29 is 52.4 Å². The SMILES string of the molecule is CON1C(C)(C)CC(NC(=O)[C@H](CCCNC(=O)OCc2ccccc2)NC(=O)[C@@H](NC(=O)[C@@H]2CCCN2C(=O)[C@H](/C=C/[C@H](CC(C)C)NC(=O)OCC[S+]([O-])CC2(C)COC2)Cc2ccccc2)C(C)C)CC1(C)C. The quantitative estimate of drug-likeness (QED) is 0.0375. The summed E-state index contributed by atoms with van der Waals surface area (Å²) in [5.74, 6) is -1.92. The fourth-order valence-electron chi connectivity index (χ4n) is 10.7. The van der Waals surface area contributed by atoms with Crippen LogP contribution >= 0.6 is 0 Å². The van der Waals surface area contributed by atoms with E-state index in [4.69, 9.17) is 19.0 Å². The largest absolute Gasteiger partial charge is 0.616 e. The van der Waals surface area contributed by atoms with Crippen molar-refractivity contribution in [2.75, 3.05) is 51.5 Å². The van der Waals surface area contributed by atoms with Crippen LogP contribution in [0.1, 0.15) is 118 Å². The van der Waals surface area contributed by atoms with Crippen LogP contribution < -0.4 is 26.6 Å². The zero-order valence-electron chi connectivity index (χ0n) is 46.7. The summed E-state index contributed by atoms with van der Waals surface area (Å²) in [6.45, 7) is 19.7. The van der Waals surface area contributed by atoms with Gasteiger partial charge in [0.05, 0.1) is 37.7 Å². The average molecular weight is 1080 g/mol. The molecule has 422 valence electrons. The van der Waals surface area contributed by atoms with E-state index in [9.17, 15) is 33.3 Å². The molecule has 5 N–H and O–H groups in total. The molecule has 0 spiro atoms. The summed E-state index contributed by atoms with van der Waals surface area (Å²) < 4.78 is 28.8. The van der Waals surface area contributed by atoms with Gasteiger partial charge >= 0.3 is 12.2 Å². The first-order chi connectivity index (χ1) is 36.0. The van der Waals surface area contributed by atoms with Crippen LogP contribution in [-0.2, 0) is 62.4 Å². The Kier molecular flexibility index (Phi) is 23.5. The third-order valence-electron chi connectivity index (χ3n) is 14.2. The highest BCUT2D eigenvalue weighted by Gasteiger charge is 2.47. The maximum absolute atomic E-state index is 14.8. The minimum atomic E-state index is -1.17. The molecule has 0 aliphatic carbocycles. The number of piperidine rings is 1. The van der Waals surface area contributed by atoms with E-state index in [1.54, 1.807) is 31.9 Å². The smallest absolute Gasteiger partial charge is 0.407 e. The third kappa shape index (κ3) is 19.1. The normalized spacial score (nSPS) is 20.2. The standard InChI is InChI=1S/C57H87N7O11S/c1-39(2)31-44(60-54(70)74-29-30-76(71)38-57(9)36-73-37-57)26-25-43(32-41-19-13-11-14-20-41)52(68)63-28-18-24-47(63)50(66)62-48(40(3)4)51(67)61-46(23-17-27-58-53(69)75-35-42-21-15-12-16-22-42)49(65)59-45-33-55(5,6)64(72-10)56(7,8)34-45/h11-16,19-22,25-26,39-40,43-48H,17-18,23-24,27-38H2,1-10H3,(H,58,69)(H,59,65)(H,60,70)(H,61,67)(H,62,66)/b26-25+/t43-,44-,46+,47+,48+,76?/m1/s1. The van der Waals surface area contributed by atoms with Gasteiger partial charge in [-0.3, -0.25) is 19.2 Å². The monoisotopic (exact) mass is 1080 g/mol. The Morgan fingerprint density at radius 2 is 1.47 bits per heavy atom. The van der Waals surface area contributed by atoms with Crippen LogP contribution in [0.3, 0.4) is 0 Å². The highest BCUT2D eigenvalue weighted by Crippen LogP contribution is 2.38. The average Bonchev–Trinajstić information content (AvgIpc) is 3.84. The molecule has 3 aliphatic rings.